The van der Waals surface area contributed by atoms with Gasteiger partial charge in [-0.2, -0.15) is 0 Å². The predicted octanol–water partition coefficient (Wildman–Crippen LogP) is 0.665. The van der Waals surface area contributed by atoms with Gasteiger partial charge in [-0.15, -0.1) is 0 Å². The molecule has 0 aromatic carbocycles. The first-order chi connectivity index (χ1) is 9.49. The molecule has 110 valence electrons. The smallest absolute Gasteiger partial charge is 0.272 e. The largest absolute Gasteiger partial charge is 0.354 e. The maximum atomic E-state index is 12.0. The zero-order valence-electron chi connectivity index (χ0n) is 11.4. The fourth-order valence-corrected chi connectivity index (χ4v) is 1.60. The number of nitrogen functional groups attached to an aromatic ring is 1. The van der Waals surface area contributed by atoms with Crippen molar-refractivity contribution in [2.75, 3.05) is 12.0 Å². The summed E-state index contributed by atoms with van der Waals surface area (Å²) in [7, 11) is 0. The van der Waals surface area contributed by atoms with Gasteiger partial charge in [-0.25, -0.2) is 10.8 Å². The lowest BCUT2D eigenvalue weighted by Gasteiger charge is -2.14. The Hall–Kier alpha value is -1.86. The minimum absolute atomic E-state index is 0.0114. The van der Waals surface area contributed by atoms with Gasteiger partial charge in [-0.05, 0) is 25.5 Å². The molecule has 1 rings (SSSR count). The highest BCUT2D eigenvalue weighted by Gasteiger charge is 2.19. The third kappa shape index (κ3) is 4.36. The number of anilines is 1. The first-order valence-corrected chi connectivity index (χ1v) is 6.59. The van der Waals surface area contributed by atoms with Gasteiger partial charge >= 0.3 is 0 Å². The van der Waals surface area contributed by atoms with Gasteiger partial charge < -0.3 is 16.1 Å². The molecule has 0 fully saturated rings. The highest BCUT2D eigenvalue weighted by molar-refractivity contribution is 6.33. The van der Waals surface area contributed by atoms with Gasteiger partial charge in [0.05, 0.1) is 5.02 Å². The Morgan fingerprint density at radius 2 is 2.15 bits per heavy atom. The number of aromatic nitrogens is 1. The Labute approximate surface area is 122 Å². The van der Waals surface area contributed by atoms with Crippen LogP contribution in [0.25, 0.3) is 0 Å². The number of hydrogen-bond acceptors (Lipinski definition) is 5. The lowest BCUT2D eigenvalue weighted by molar-refractivity contribution is -0.122. The van der Waals surface area contributed by atoms with Gasteiger partial charge in [0.15, 0.2) is 0 Å². The summed E-state index contributed by atoms with van der Waals surface area (Å²) >= 11 is 5.90. The second kappa shape index (κ2) is 7.66. The Balaban J connectivity index is 2.73. The number of amides is 2. The van der Waals surface area contributed by atoms with E-state index in [1.807, 2.05) is 6.92 Å². The highest BCUT2D eigenvalue weighted by atomic mass is 35.5. The summed E-state index contributed by atoms with van der Waals surface area (Å²) in [5.74, 6) is 4.73. The normalized spacial score (nSPS) is 11.6. The SMILES string of the molecule is CCCNC(=O)C(C)NC(=O)c1nc(NN)ccc1Cl. The van der Waals surface area contributed by atoms with Gasteiger partial charge in [0.2, 0.25) is 5.91 Å². The molecule has 1 aromatic rings. The molecule has 1 heterocycles. The summed E-state index contributed by atoms with van der Waals surface area (Å²) in [5.41, 5.74) is 2.34. The van der Waals surface area contributed by atoms with Gasteiger partial charge in [0, 0.05) is 6.54 Å². The van der Waals surface area contributed by atoms with E-state index in [0.29, 0.717) is 12.4 Å². The summed E-state index contributed by atoms with van der Waals surface area (Å²) in [4.78, 5) is 27.6. The molecular weight excluding hydrogens is 282 g/mol. The van der Waals surface area contributed by atoms with Crippen molar-refractivity contribution < 1.29 is 9.59 Å². The zero-order valence-corrected chi connectivity index (χ0v) is 12.1. The fraction of sp³-hybridized carbons (Fsp3) is 0.417. The summed E-state index contributed by atoms with van der Waals surface area (Å²) in [6.45, 7) is 4.09. The molecule has 0 aliphatic rings. The molecule has 0 aliphatic carbocycles. The summed E-state index contributed by atoms with van der Waals surface area (Å²) in [5, 5.41) is 5.40. The zero-order chi connectivity index (χ0) is 15.1. The molecule has 0 aliphatic heterocycles. The summed E-state index contributed by atoms with van der Waals surface area (Å²) in [6.07, 6.45) is 0.823. The quantitative estimate of drug-likeness (QED) is 0.456. The monoisotopic (exact) mass is 299 g/mol. The molecule has 2 amide bonds. The van der Waals surface area contributed by atoms with E-state index in [1.54, 1.807) is 6.92 Å². The average Bonchev–Trinajstić information content (AvgIpc) is 2.44. The molecule has 5 N–H and O–H groups in total. The van der Waals surface area contributed by atoms with E-state index in [4.69, 9.17) is 17.4 Å². The van der Waals surface area contributed by atoms with Crippen LogP contribution in [0.3, 0.4) is 0 Å². The Morgan fingerprint density at radius 3 is 2.75 bits per heavy atom. The number of nitrogens with one attached hydrogen (secondary N) is 3. The lowest BCUT2D eigenvalue weighted by atomic mass is 10.2. The van der Waals surface area contributed by atoms with Gasteiger partial charge in [0.25, 0.3) is 5.91 Å². The van der Waals surface area contributed by atoms with Crippen LogP contribution < -0.4 is 21.9 Å². The minimum atomic E-state index is -0.679. The van der Waals surface area contributed by atoms with Crippen LogP contribution in [0.2, 0.25) is 5.02 Å². The van der Waals surface area contributed by atoms with Crippen molar-refractivity contribution in [2.24, 2.45) is 5.84 Å². The highest BCUT2D eigenvalue weighted by Crippen LogP contribution is 2.16. The maximum Gasteiger partial charge on any atom is 0.272 e. The van der Waals surface area contributed by atoms with E-state index >= 15 is 0 Å². The van der Waals surface area contributed by atoms with Crippen molar-refractivity contribution in [1.82, 2.24) is 15.6 Å². The number of nitrogens with zero attached hydrogens (tertiary/aromatic N) is 1. The number of halogens is 1. The van der Waals surface area contributed by atoms with E-state index < -0.39 is 11.9 Å². The number of rotatable bonds is 6. The molecule has 0 spiro atoms. The summed E-state index contributed by atoms with van der Waals surface area (Å²) in [6, 6.07) is 2.36. The molecule has 1 unspecified atom stereocenters. The predicted molar refractivity (Wildman–Crippen MR) is 77.3 cm³/mol. The molecule has 0 radical (unpaired) electrons. The number of hydrogen-bond donors (Lipinski definition) is 4. The lowest BCUT2D eigenvalue weighted by Crippen LogP contribution is -2.45. The van der Waals surface area contributed by atoms with Crippen molar-refractivity contribution in [1.29, 1.82) is 0 Å². The second-order valence-electron chi connectivity index (χ2n) is 4.16. The molecule has 0 bridgehead atoms. The van der Waals surface area contributed by atoms with Crippen molar-refractivity contribution in [3.05, 3.63) is 22.8 Å². The van der Waals surface area contributed by atoms with Crippen LogP contribution in [0.1, 0.15) is 30.8 Å². The standard InChI is InChI=1S/C12H18ClN5O2/c1-3-6-15-11(19)7(2)16-12(20)10-8(13)4-5-9(17-10)18-14/h4-5,7H,3,6,14H2,1-2H3,(H,15,19)(H,16,20)(H,17,18). The third-order valence-corrected chi connectivity index (χ3v) is 2.80. The Bertz CT molecular complexity index is 495. The minimum Gasteiger partial charge on any atom is -0.354 e. The first-order valence-electron chi connectivity index (χ1n) is 6.21. The third-order valence-electron chi connectivity index (χ3n) is 2.50. The fourth-order valence-electron chi connectivity index (χ4n) is 1.41. The van der Waals surface area contributed by atoms with E-state index in [2.05, 4.69) is 21.0 Å². The van der Waals surface area contributed by atoms with Crippen LogP contribution in [0.4, 0.5) is 5.82 Å². The van der Waals surface area contributed by atoms with Crippen molar-refractivity contribution in [3.63, 3.8) is 0 Å². The number of carbonyl (C=O) groups is 2. The average molecular weight is 300 g/mol. The van der Waals surface area contributed by atoms with Crippen LogP contribution in [-0.4, -0.2) is 29.4 Å². The Kier molecular flexibility index (Phi) is 6.20. The number of carbonyl (C=O) groups excluding carboxylic acids is 2. The maximum absolute atomic E-state index is 12.0. The van der Waals surface area contributed by atoms with E-state index in [1.165, 1.54) is 12.1 Å². The molecule has 20 heavy (non-hydrogen) atoms. The van der Waals surface area contributed by atoms with Crippen LogP contribution in [0.15, 0.2) is 12.1 Å². The molecule has 0 saturated carbocycles. The molecule has 1 atom stereocenters. The molecule has 0 saturated heterocycles. The van der Waals surface area contributed by atoms with Gasteiger partial charge in [0.1, 0.15) is 17.6 Å². The molecular formula is C12H18ClN5O2. The number of hydrazine groups is 1. The Morgan fingerprint density at radius 1 is 1.45 bits per heavy atom. The van der Waals surface area contributed by atoms with Crippen LogP contribution >= 0.6 is 11.6 Å². The van der Waals surface area contributed by atoms with Crippen molar-refractivity contribution >= 4 is 29.2 Å². The molecule has 1 aromatic heterocycles. The van der Waals surface area contributed by atoms with E-state index in [9.17, 15) is 9.59 Å². The van der Waals surface area contributed by atoms with Gasteiger partial charge in [-0.3, -0.25) is 9.59 Å². The van der Waals surface area contributed by atoms with Crippen molar-refractivity contribution in [3.8, 4) is 0 Å². The van der Waals surface area contributed by atoms with E-state index in [-0.39, 0.29) is 16.6 Å². The molecule has 7 nitrogen and oxygen atoms in total. The topological polar surface area (TPSA) is 109 Å². The van der Waals surface area contributed by atoms with Crippen LogP contribution in [0.5, 0.6) is 0 Å². The molecule has 8 heteroatoms. The van der Waals surface area contributed by atoms with Crippen molar-refractivity contribution in [2.45, 2.75) is 26.3 Å². The van der Waals surface area contributed by atoms with Crippen LogP contribution in [0, 0.1) is 0 Å². The second-order valence-corrected chi connectivity index (χ2v) is 4.56. The first kappa shape index (κ1) is 16.2. The van der Waals surface area contributed by atoms with E-state index in [0.717, 1.165) is 6.42 Å². The number of pyridine rings is 1. The van der Waals surface area contributed by atoms with Gasteiger partial charge in [-0.1, -0.05) is 18.5 Å². The van der Waals surface area contributed by atoms with Crippen LogP contribution in [-0.2, 0) is 4.79 Å². The summed E-state index contributed by atoms with van der Waals surface area (Å²) < 4.78 is 0. The number of nitrogens with two attached hydrogens (primary N) is 1.